The molecule has 0 radical (unpaired) electrons. The zero-order chi connectivity index (χ0) is 15.0. The van der Waals surface area contributed by atoms with Crippen LogP contribution in [0, 0.1) is 0 Å². The highest BCUT2D eigenvalue weighted by Crippen LogP contribution is 2.41. The minimum absolute atomic E-state index is 0.0540. The normalized spacial score (nSPS) is 25.1. The largest absolute Gasteiger partial charge is 0.508 e. The highest BCUT2D eigenvalue weighted by molar-refractivity contribution is 6.30. The molecule has 0 saturated carbocycles. The van der Waals surface area contributed by atoms with E-state index in [4.69, 9.17) is 11.6 Å². The molecule has 0 bridgehead atoms. The Morgan fingerprint density at radius 1 is 1.00 bits per heavy atom. The highest BCUT2D eigenvalue weighted by Gasteiger charge is 2.36. The molecule has 1 aliphatic rings. The third-order valence-electron chi connectivity index (χ3n) is 3.97. The summed E-state index contributed by atoms with van der Waals surface area (Å²) in [6, 6.07) is 12.5. The number of nitrogens with one attached hydrogen (secondary N) is 2. The van der Waals surface area contributed by atoms with Crippen LogP contribution in [0.25, 0.3) is 0 Å². The van der Waals surface area contributed by atoms with E-state index < -0.39 is 0 Å². The Kier molecular flexibility index (Phi) is 3.76. The Morgan fingerprint density at radius 3 is 2.38 bits per heavy atom. The molecule has 21 heavy (non-hydrogen) atoms. The van der Waals surface area contributed by atoms with Gasteiger partial charge in [0, 0.05) is 28.6 Å². The summed E-state index contributed by atoms with van der Waals surface area (Å²) in [7, 11) is 0. The monoisotopic (exact) mass is 304 g/mol. The maximum absolute atomic E-state index is 10.1. The first-order chi connectivity index (χ1) is 10.1. The number of halogens is 1. The van der Waals surface area contributed by atoms with Crippen LogP contribution in [0.2, 0.25) is 5.02 Å². The zero-order valence-corrected chi connectivity index (χ0v) is 12.3. The molecule has 110 valence electrons. The van der Waals surface area contributed by atoms with Gasteiger partial charge in [0.25, 0.3) is 0 Å². The van der Waals surface area contributed by atoms with E-state index in [0.29, 0.717) is 5.02 Å². The van der Waals surface area contributed by atoms with Crippen molar-refractivity contribution in [1.29, 1.82) is 0 Å². The van der Waals surface area contributed by atoms with E-state index in [-0.39, 0.29) is 29.5 Å². The number of aromatic hydroxyl groups is 2. The van der Waals surface area contributed by atoms with Crippen LogP contribution in [-0.2, 0) is 0 Å². The lowest BCUT2D eigenvalue weighted by atomic mass is 9.84. The fraction of sp³-hybridized carbons (Fsp3) is 0.250. The Labute approximate surface area is 128 Å². The topological polar surface area (TPSA) is 64.5 Å². The number of benzene rings is 2. The minimum Gasteiger partial charge on any atom is -0.508 e. The predicted molar refractivity (Wildman–Crippen MR) is 82.4 cm³/mol. The van der Waals surface area contributed by atoms with Gasteiger partial charge in [0.2, 0.25) is 0 Å². The van der Waals surface area contributed by atoms with E-state index in [9.17, 15) is 10.2 Å². The van der Waals surface area contributed by atoms with Gasteiger partial charge >= 0.3 is 0 Å². The maximum atomic E-state index is 10.1. The molecule has 1 fully saturated rings. The summed E-state index contributed by atoms with van der Waals surface area (Å²) in [4.78, 5) is 0. The molecule has 0 aliphatic carbocycles. The second-order valence-electron chi connectivity index (χ2n) is 5.38. The Balaban J connectivity index is 1.99. The van der Waals surface area contributed by atoms with E-state index in [0.717, 1.165) is 11.1 Å². The number of hydrazine groups is 1. The first-order valence-electron chi connectivity index (χ1n) is 6.84. The third-order valence-corrected chi connectivity index (χ3v) is 4.22. The van der Waals surface area contributed by atoms with Gasteiger partial charge in [-0.2, -0.15) is 0 Å². The summed E-state index contributed by atoms with van der Waals surface area (Å²) < 4.78 is 0. The van der Waals surface area contributed by atoms with Crippen molar-refractivity contribution < 1.29 is 10.2 Å². The molecule has 1 aliphatic heterocycles. The van der Waals surface area contributed by atoms with Crippen LogP contribution in [0.5, 0.6) is 11.5 Å². The highest BCUT2D eigenvalue weighted by atomic mass is 35.5. The van der Waals surface area contributed by atoms with Crippen molar-refractivity contribution in [1.82, 2.24) is 10.9 Å². The maximum Gasteiger partial charge on any atom is 0.124 e. The number of hydrogen-bond acceptors (Lipinski definition) is 4. The first kappa shape index (κ1) is 14.2. The van der Waals surface area contributed by atoms with Gasteiger partial charge in [-0.3, -0.25) is 5.43 Å². The molecule has 4 nitrogen and oxygen atoms in total. The zero-order valence-electron chi connectivity index (χ0n) is 11.5. The van der Waals surface area contributed by atoms with Crippen molar-refractivity contribution >= 4 is 11.6 Å². The molecule has 0 amide bonds. The first-order valence-corrected chi connectivity index (χ1v) is 7.22. The molecule has 3 rings (SSSR count). The summed E-state index contributed by atoms with van der Waals surface area (Å²) in [5, 5.41) is 20.2. The van der Waals surface area contributed by atoms with Gasteiger partial charge < -0.3 is 10.2 Å². The van der Waals surface area contributed by atoms with Crippen LogP contribution in [0.3, 0.4) is 0 Å². The quantitative estimate of drug-likeness (QED) is 0.688. The summed E-state index contributed by atoms with van der Waals surface area (Å²) >= 11 is 5.95. The van der Waals surface area contributed by atoms with Gasteiger partial charge in [0.1, 0.15) is 11.5 Å². The van der Waals surface area contributed by atoms with Gasteiger partial charge in [-0.15, -0.1) is 0 Å². The molecule has 2 aromatic carbocycles. The molecule has 3 unspecified atom stereocenters. The SMILES string of the molecule is CC1NNC(c2ccc(O)cc2O)C1c1ccc(Cl)cc1. The van der Waals surface area contributed by atoms with Crippen LogP contribution >= 0.6 is 11.6 Å². The van der Waals surface area contributed by atoms with E-state index in [1.807, 2.05) is 24.3 Å². The average molecular weight is 305 g/mol. The lowest BCUT2D eigenvalue weighted by molar-refractivity contribution is 0.432. The van der Waals surface area contributed by atoms with Crippen LogP contribution in [0.15, 0.2) is 42.5 Å². The van der Waals surface area contributed by atoms with Crippen molar-refractivity contribution in [3.05, 3.63) is 58.6 Å². The fourth-order valence-corrected chi connectivity index (χ4v) is 3.05. The lowest BCUT2D eigenvalue weighted by Crippen LogP contribution is -2.29. The van der Waals surface area contributed by atoms with Gasteiger partial charge in [-0.1, -0.05) is 29.8 Å². The van der Waals surface area contributed by atoms with E-state index >= 15 is 0 Å². The molecule has 5 heteroatoms. The van der Waals surface area contributed by atoms with Crippen molar-refractivity contribution in [2.75, 3.05) is 0 Å². The molecular weight excluding hydrogens is 288 g/mol. The number of phenolic OH excluding ortho intramolecular Hbond substituents is 2. The average Bonchev–Trinajstić information content (AvgIpc) is 2.82. The Bertz CT molecular complexity index is 645. The van der Waals surface area contributed by atoms with Gasteiger partial charge in [0.05, 0.1) is 6.04 Å². The van der Waals surface area contributed by atoms with E-state index in [1.165, 1.54) is 6.07 Å². The second kappa shape index (κ2) is 5.56. The summed E-state index contributed by atoms with van der Waals surface area (Å²) in [5.41, 5.74) is 8.33. The molecular formula is C16H17ClN2O2. The standard InChI is InChI=1S/C16H17ClN2O2/c1-9-15(10-2-4-11(17)5-3-10)16(19-18-9)13-7-6-12(20)8-14(13)21/h2-9,15-16,18-21H,1H3. The third kappa shape index (κ3) is 2.70. The minimum atomic E-state index is -0.0817. The molecule has 4 N–H and O–H groups in total. The van der Waals surface area contributed by atoms with E-state index in [1.54, 1.807) is 12.1 Å². The smallest absolute Gasteiger partial charge is 0.124 e. The van der Waals surface area contributed by atoms with Crippen molar-refractivity contribution in [2.45, 2.75) is 24.9 Å². The number of hydrogen-bond donors (Lipinski definition) is 4. The molecule has 3 atom stereocenters. The fourth-order valence-electron chi connectivity index (χ4n) is 2.92. The molecule has 0 aromatic heterocycles. The summed E-state index contributed by atoms with van der Waals surface area (Å²) in [6.45, 7) is 2.09. The van der Waals surface area contributed by atoms with Crippen LogP contribution < -0.4 is 10.9 Å². The van der Waals surface area contributed by atoms with Crippen LogP contribution in [0.4, 0.5) is 0 Å². The molecule has 0 spiro atoms. The van der Waals surface area contributed by atoms with Gasteiger partial charge in [-0.25, -0.2) is 5.43 Å². The van der Waals surface area contributed by atoms with E-state index in [2.05, 4.69) is 17.8 Å². The molecule has 2 aromatic rings. The Hall–Kier alpha value is -1.75. The van der Waals surface area contributed by atoms with Crippen LogP contribution in [0.1, 0.15) is 30.0 Å². The van der Waals surface area contributed by atoms with Crippen LogP contribution in [-0.4, -0.2) is 16.3 Å². The summed E-state index contributed by atoms with van der Waals surface area (Å²) in [6.07, 6.45) is 0. The molecule has 1 heterocycles. The Morgan fingerprint density at radius 2 is 1.71 bits per heavy atom. The number of rotatable bonds is 2. The molecule has 1 saturated heterocycles. The van der Waals surface area contributed by atoms with Crippen molar-refractivity contribution in [2.24, 2.45) is 0 Å². The van der Waals surface area contributed by atoms with Crippen molar-refractivity contribution in [3.8, 4) is 11.5 Å². The lowest BCUT2D eigenvalue weighted by Gasteiger charge is -2.22. The van der Waals surface area contributed by atoms with Crippen molar-refractivity contribution in [3.63, 3.8) is 0 Å². The predicted octanol–water partition coefficient (Wildman–Crippen LogP) is 3.07. The van der Waals surface area contributed by atoms with Gasteiger partial charge in [0.15, 0.2) is 0 Å². The van der Waals surface area contributed by atoms with Gasteiger partial charge in [-0.05, 0) is 30.7 Å². The summed E-state index contributed by atoms with van der Waals surface area (Å²) in [5.74, 6) is 0.290. The number of phenols is 2. The second-order valence-corrected chi connectivity index (χ2v) is 5.81.